The average Bonchev–Trinajstić information content (AvgIpc) is 3.25. The van der Waals surface area contributed by atoms with Gasteiger partial charge in [-0.2, -0.15) is 0 Å². The van der Waals surface area contributed by atoms with Crippen LogP contribution in [0.25, 0.3) is 0 Å². The molecule has 62 heavy (non-hydrogen) atoms. The minimum Gasteiger partial charge on any atom is -0.481 e. The van der Waals surface area contributed by atoms with E-state index in [0.29, 0.717) is 191 Å². The Hall–Kier alpha value is -2.44. The van der Waals surface area contributed by atoms with Crippen LogP contribution in [-0.2, 0) is 76.0 Å². The van der Waals surface area contributed by atoms with Gasteiger partial charge in [-0.05, 0) is 39.0 Å². The van der Waals surface area contributed by atoms with Crippen LogP contribution >= 0.6 is 0 Å². The fourth-order valence-corrected chi connectivity index (χ4v) is 5.18. The van der Waals surface area contributed by atoms with Crippen LogP contribution in [0.5, 0.6) is 0 Å². The molecule has 0 heterocycles. The number of aliphatic hydroxyl groups excluding tert-OH is 1. The summed E-state index contributed by atoms with van der Waals surface area (Å²) >= 11 is 0. The molecule has 0 spiro atoms. The SMILES string of the molecule is COCCOCCOCCOCCOCCOCCOCCOCCOCCOCCOCCOCCC(=O)NCCCC(CCCNC(=O)CCC(C)O)C(=O)CCC(=O)O. The van der Waals surface area contributed by atoms with Crippen LogP contribution in [0.3, 0.4) is 0 Å². The van der Waals surface area contributed by atoms with Crippen molar-refractivity contribution in [3.8, 4) is 0 Å². The Labute approximate surface area is 368 Å². The molecule has 4 N–H and O–H groups in total. The first-order chi connectivity index (χ1) is 30.3. The number of carboxylic acids is 1. The highest BCUT2D eigenvalue weighted by atomic mass is 16.6. The van der Waals surface area contributed by atoms with E-state index in [1.807, 2.05) is 0 Å². The second-order valence-corrected chi connectivity index (χ2v) is 13.9. The van der Waals surface area contributed by atoms with Crippen molar-refractivity contribution in [3.05, 3.63) is 0 Å². The second-order valence-electron chi connectivity index (χ2n) is 13.9. The lowest BCUT2D eigenvalue weighted by atomic mass is 9.90. The number of carboxylic acid groups (broad SMARTS) is 1. The van der Waals surface area contributed by atoms with Crippen LogP contribution in [0.4, 0.5) is 0 Å². The molecule has 20 heteroatoms. The van der Waals surface area contributed by atoms with Crippen molar-refractivity contribution < 1.29 is 86.2 Å². The highest BCUT2D eigenvalue weighted by Crippen LogP contribution is 2.17. The molecule has 0 aromatic carbocycles. The van der Waals surface area contributed by atoms with Gasteiger partial charge in [0, 0.05) is 45.4 Å². The Balaban J connectivity index is 3.49. The van der Waals surface area contributed by atoms with E-state index in [-0.39, 0.29) is 55.8 Å². The Kier molecular flexibility index (Phi) is 46.1. The predicted octanol–water partition coefficient (Wildman–Crippen LogP) is 1.21. The first kappa shape index (κ1) is 59.6. The molecule has 0 aliphatic rings. The number of rotatable bonds is 51. The highest BCUT2D eigenvalue weighted by molar-refractivity contribution is 5.84. The standard InChI is InChI=1S/C42H80N2O18/c1-37(45)7-9-40(47)43-12-3-5-38(39(46)8-10-42(49)50)6-4-13-44-41(48)11-14-52-17-18-54-21-22-56-25-26-58-29-30-60-33-34-62-36-35-61-32-31-59-28-27-57-24-23-55-20-19-53-16-15-51-2/h37-38,45H,3-36H2,1-2H3,(H,43,47)(H,44,48)(H,49,50). The van der Waals surface area contributed by atoms with Crippen LogP contribution < -0.4 is 10.6 Å². The van der Waals surface area contributed by atoms with Crippen LogP contribution in [0.15, 0.2) is 0 Å². The molecule has 2 amide bonds. The summed E-state index contributed by atoms with van der Waals surface area (Å²) in [7, 11) is 1.64. The van der Waals surface area contributed by atoms with E-state index < -0.39 is 12.1 Å². The summed E-state index contributed by atoms with van der Waals surface area (Å²) in [5.74, 6) is -1.83. The van der Waals surface area contributed by atoms with Gasteiger partial charge in [0.25, 0.3) is 0 Å². The second kappa shape index (κ2) is 48.0. The van der Waals surface area contributed by atoms with Crippen molar-refractivity contribution >= 4 is 23.6 Å². The van der Waals surface area contributed by atoms with Gasteiger partial charge in [-0.25, -0.2) is 0 Å². The molecule has 2 unspecified atom stereocenters. The Morgan fingerprint density at radius 1 is 0.419 bits per heavy atom. The van der Waals surface area contributed by atoms with Gasteiger partial charge in [0.15, 0.2) is 0 Å². The topological polar surface area (TPSA) is 244 Å². The number of carbonyl (C=O) groups excluding carboxylic acids is 3. The molecule has 0 aromatic heterocycles. The highest BCUT2D eigenvalue weighted by Gasteiger charge is 2.19. The number of ether oxygens (including phenoxy) is 12. The maximum Gasteiger partial charge on any atom is 0.303 e. The zero-order chi connectivity index (χ0) is 45.4. The molecule has 0 rings (SSSR count). The molecule has 0 aliphatic heterocycles. The monoisotopic (exact) mass is 901 g/mol. The fraction of sp³-hybridized carbons (Fsp3) is 0.905. The number of methoxy groups -OCH3 is 1. The number of aliphatic carboxylic acids is 1. The van der Waals surface area contributed by atoms with Gasteiger partial charge in [-0.15, -0.1) is 0 Å². The smallest absolute Gasteiger partial charge is 0.303 e. The van der Waals surface area contributed by atoms with Crippen molar-refractivity contribution in [2.45, 2.75) is 70.8 Å². The number of hydrogen-bond acceptors (Lipinski definition) is 17. The van der Waals surface area contributed by atoms with E-state index in [1.165, 1.54) is 0 Å². The fourth-order valence-electron chi connectivity index (χ4n) is 5.18. The number of hydrogen-bond donors (Lipinski definition) is 4. The van der Waals surface area contributed by atoms with E-state index in [4.69, 9.17) is 61.9 Å². The number of aliphatic hydroxyl groups is 1. The molecule has 20 nitrogen and oxygen atoms in total. The van der Waals surface area contributed by atoms with Crippen molar-refractivity contribution in [1.29, 1.82) is 0 Å². The molecular weight excluding hydrogens is 820 g/mol. The first-order valence-corrected chi connectivity index (χ1v) is 22.1. The maximum absolute atomic E-state index is 12.6. The molecule has 2 atom stereocenters. The maximum atomic E-state index is 12.6. The Morgan fingerprint density at radius 2 is 0.726 bits per heavy atom. The third-order valence-corrected chi connectivity index (χ3v) is 8.56. The minimum atomic E-state index is -1.03. The van der Waals surface area contributed by atoms with Crippen molar-refractivity contribution in [2.75, 3.05) is 172 Å². The lowest BCUT2D eigenvalue weighted by Crippen LogP contribution is -2.27. The van der Waals surface area contributed by atoms with Crippen LogP contribution in [0, 0.1) is 5.92 Å². The van der Waals surface area contributed by atoms with Gasteiger partial charge in [0.1, 0.15) is 5.78 Å². The third-order valence-electron chi connectivity index (χ3n) is 8.56. The Morgan fingerprint density at radius 3 is 1.03 bits per heavy atom. The molecule has 0 aromatic rings. The summed E-state index contributed by atoms with van der Waals surface area (Å²) in [6.45, 7) is 13.1. The molecule has 366 valence electrons. The molecule has 0 saturated carbocycles. The number of carbonyl (C=O) groups is 4. The molecule has 0 fully saturated rings. The van der Waals surface area contributed by atoms with Crippen LogP contribution in [0.1, 0.15) is 64.7 Å². The largest absolute Gasteiger partial charge is 0.481 e. The molecule has 0 bridgehead atoms. The normalized spacial score (nSPS) is 12.4. The summed E-state index contributed by atoms with van der Waals surface area (Å²) in [5, 5.41) is 23.9. The molecule has 0 aliphatic carbocycles. The van der Waals surface area contributed by atoms with Gasteiger partial charge in [0.05, 0.1) is 164 Å². The van der Waals surface area contributed by atoms with Gasteiger partial charge in [0.2, 0.25) is 11.8 Å². The molecule has 0 radical (unpaired) electrons. The predicted molar refractivity (Wildman–Crippen MR) is 226 cm³/mol. The summed E-state index contributed by atoms with van der Waals surface area (Å²) in [4.78, 5) is 47.6. The Bertz CT molecular complexity index is 1030. The van der Waals surface area contributed by atoms with Crippen molar-refractivity contribution in [2.24, 2.45) is 5.92 Å². The number of ketones is 1. The number of amides is 2. The van der Waals surface area contributed by atoms with Gasteiger partial charge >= 0.3 is 5.97 Å². The number of Topliss-reactive ketones (excluding diaryl/α,β-unsaturated/α-hetero) is 1. The lowest BCUT2D eigenvalue weighted by molar-refractivity contribution is -0.139. The van der Waals surface area contributed by atoms with Crippen LogP contribution in [-0.4, -0.2) is 212 Å². The summed E-state index contributed by atoms with van der Waals surface area (Å²) in [5.41, 5.74) is 0. The van der Waals surface area contributed by atoms with Gasteiger partial charge < -0.3 is 77.7 Å². The summed E-state index contributed by atoms with van der Waals surface area (Å²) < 4.78 is 64.9. The van der Waals surface area contributed by atoms with Crippen molar-refractivity contribution in [1.82, 2.24) is 10.6 Å². The number of nitrogens with one attached hydrogen (secondary N) is 2. The zero-order valence-electron chi connectivity index (χ0n) is 37.6. The average molecular weight is 901 g/mol. The molecular formula is C42H80N2O18. The van der Waals surface area contributed by atoms with E-state index in [1.54, 1.807) is 14.0 Å². The van der Waals surface area contributed by atoms with E-state index in [2.05, 4.69) is 10.6 Å². The quantitative estimate of drug-likeness (QED) is 0.0627. The van der Waals surface area contributed by atoms with E-state index in [0.717, 1.165) is 0 Å². The molecule has 0 saturated heterocycles. The third kappa shape index (κ3) is 47.0. The van der Waals surface area contributed by atoms with Gasteiger partial charge in [-0.1, -0.05) is 0 Å². The lowest BCUT2D eigenvalue weighted by Gasteiger charge is -2.16. The zero-order valence-corrected chi connectivity index (χ0v) is 37.6. The van der Waals surface area contributed by atoms with E-state index >= 15 is 0 Å². The van der Waals surface area contributed by atoms with E-state index in [9.17, 15) is 24.3 Å². The van der Waals surface area contributed by atoms with Crippen molar-refractivity contribution in [3.63, 3.8) is 0 Å². The summed E-state index contributed by atoms with van der Waals surface area (Å²) in [6, 6.07) is 0. The van der Waals surface area contributed by atoms with Gasteiger partial charge in [-0.3, -0.25) is 19.2 Å². The van der Waals surface area contributed by atoms with Crippen LogP contribution in [0.2, 0.25) is 0 Å². The first-order valence-electron chi connectivity index (χ1n) is 22.1. The summed E-state index contributed by atoms with van der Waals surface area (Å²) in [6.07, 6.45) is 2.11. The minimum absolute atomic E-state index is 0.0482.